The zero-order valence-electron chi connectivity index (χ0n) is 10.9. The molecular weight excluding hydrogens is 254 g/mol. The predicted molar refractivity (Wildman–Crippen MR) is 76.8 cm³/mol. The van der Waals surface area contributed by atoms with Gasteiger partial charge in [-0.3, -0.25) is 4.79 Å². The smallest absolute Gasteiger partial charge is 0.335 e. The van der Waals surface area contributed by atoms with Gasteiger partial charge in [0, 0.05) is 12.1 Å². The fourth-order valence-corrected chi connectivity index (χ4v) is 1.86. The summed E-state index contributed by atoms with van der Waals surface area (Å²) in [4.78, 5) is 22.6. The number of rotatable bonds is 5. The van der Waals surface area contributed by atoms with E-state index in [-0.39, 0.29) is 11.5 Å². The first kappa shape index (κ1) is 13.8. The molecule has 0 aromatic heterocycles. The lowest BCUT2D eigenvalue weighted by Crippen LogP contribution is -2.12. The Morgan fingerprint density at radius 2 is 1.75 bits per heavy atom. The first-order chi connectivity index (χ1) is 9.65. The van der Waals surface area contributed by atoms with Crippen LogP contribution in [0, 0.1) is 0 Å². The quantitative estimate of drug-likeness (QED) is 0.877. The number of aryl methyl sites for hydroxylation is 1. The average molecular weight is 269 g/mol. The maximum Gasteiger partial charge on any atom is 0.335 e. The number of carboxylic acid groups (broad SMARTS) is 1. The molecule has 0 spiro atoms. The molecule has 0 aliphatic heterocycles. The molecule has 0 unspecified atom stereocenters. The molecule has 2 aromatic carbocycles. The third-order valence-electron chi connectivity index (χ3n) is 2.87. The van der Waals surface area contributed by atoms with Crippen LogP contribution in [0.15, 0.2) is 54.6 Å². The van der Waals surface area contributed by atoms with Crippen molar-refractivity contribution in [3.05, 3.63) is 65.7 Å². The second-order valence-corrected chi connectivity index (χ2v) is 4.42. The van der Waals surface area contributed by atoms with Crippen LogP contribution in [0.25, 0.3) is 0 Å². The molecule has 102 valence electrons. The van der Waals surface area contributed by atoms with Gasteiger partial charge in [0.05, 0.1) is 5.56 Å². The van der Waals surface area contributed by atoms with E-state index in [1.165, 1.54) is 6.07 Å². The number of carboxylic acids is 1. The highest BCUT2D eigenvalue weighted by molar-refractivity contribution is 5.91. The second-order valence-electron chi connectivity index (χ2n) is 4.42. The van der Waals surface area contributed by atoms with Crippen LogP contribution in [-0.2, 0) is 11.2 Å². The van der Waals surface area contributed by atoms with Gasteiger partial charge in [-0.2, -0.15) is 0 Å². The maximum absolute atomic E-state index is 11.8. The SMILES string of the molecule is O=C(CCc1cccc(C(=O)O)c1)Nc1ccccc1. The Bertz CT molecular complexity index is 608. The molecule has 0 aliphatic rings. The maximum atomic E-state index is 11.8. The monoisotopic (exact) mass is 269 g/mol. The summed E-state index contributed by atoms with van der Waals surface area (Å²) in [5.74, 6) is -1.04. The molecular formula is C16H15NO3. The minimum atomic E-state index is -0.958. The summed E-state index contributed by atoms with van der Waals surface area (Å²) in [6.45, 7) is 0. The van der Waals surface area contributed by atoms with Gasteiger partial charge in [0.25, 0.3) is 0 Å². The minimum Gasteiger partial charge on any atom is -0.478 e. The third-order valence-corrected chi connectivity index (χ3v) is 2.87. The molecule has 2 aromatic rings. The molecule has 4 nitrogen and oxygen atoms in total. The average Bonchev–Trinajstić information content (AvgIpc) is 2.46. The van der Waals surface area contributed by atoms with Crippen LogP contribution < -0.4 is 5.32 Å². The summed E-state index contributed by atoms with van der Waals surface area (Å²) >= 11 is 0. The molecule has 2 N–H and O–H groups in total. The number of anilines is 1. The van der Waals surface area contributed by atoms with Crippen molar-refractivity contribution in [1.82, 2.24) is 0 Å². The Labute approximate surface area is 117 Å². The molecule has 0 saturated heterocycles. The molecule has 0 bridgehead atoms. The van der Waals surface area contributed by atoms with Crippen LogP contribution >= 0.6 is 0 Å². The highest BCUT2D eigenvalue weighted by atomic mass is 16.4. The molecule has 4 heteroatoms. The number of carbonyl (C=O) groups is 2. The van der Waals surface area contributed by atoms with E-state index in [4.69, 9.17) is 5.11 Å². The Morgan fingerprint density at radius 3 is 2.45 bits per heavy atom. The van der Waals surface area contributed by atoms with Crippen molar-refractivity contribution < 1.29 is 14.7 Å². The van der Waals surface area contributed by atoms with Gasteiger partial charge in [0.2, 0.25) is 5.91 Å². The number of amides is 1. The fourth-order valence-electron chi connectivity index (χ4n) is 1.86. The van der Waals surface area contributed by atoms with Gasteiger partial charge in [-0.15, -0.1) is 0 Å². The van der Waals surface area contributed by atoms with Crippen molar-refractivity contribution in [2.45, 2.75) is 12.8 Å². The van der Waals surface area contributed by atoms with Crippen LogP contribution in [0.5, 0.6) is 0 Å². The number of carbonyl (C=O) groups excluding carboxylic acids is 1. The van der Waals surface area contributed by atoms with Crippen LogP contribution in [0.4, 0.5) is 5.69 Å². The molecule has 0 aliphatic carbocycles. The highest BCUT2D eigenvalue weighted by Crippen LogP contribution is 2.10. The van der Waals surface area contributed by atoms with E-state index in [0.29, 0.717) is 12.8 Å². The predicted octanol–water partition coefficient (Wildman–Crippen LogP) is 2.96. The largest absolute Gasteiger partial charge is 0.478 e. The molecule has 0 fully saturated rings. The zero-order chi connectivity index (χ0) is 14.4. The molecule has 0 heterocycles. The lowest BCUT2D eigenvalue weighted by molar-refractivity contribution is -0.116. The number of benzene rings is 2. The first-order valence-corrected chi connectivity index (χ1v) is 6.32. The zero-order valence-corrected chi connectivity index (χ0v) is 10.9. The van der Waals surface area contributed by atoms with E-state index < -0.39 is 5.97 Å². The van der Waals surface area contributed by atoms with Crippen molar-refractivity contribution >= 4 is 17.6 Å². The van der Waals surface area contributed by atoms with Crippen molar-refractivity contribution in [2.24, 2.45) is 0 Å². The second kappa shape index (κ2) is 6.52. The Kier molecular flexibility index (Phi) is 4.50. The van der Waals surface area contributed by atoms with Gasteiger partial charge in [-0.05, 0) is 36.2 Å². The van der Waals surface area contributed by atoms with Crippen LogP contribution in [0.3, 0.4) is 0 Å². The topological polar surface area (TPSA) is 66.4 Å². The van der Waals surface area contributed by atoms with Crippen molar-refractivity contribution in [3.63, 3.8) is 0 Å². The number of aromatic carboxylic acids is 1. The molecule has 1 amide bonds. The summed E-state index contributed by atoms with van der Waals surface area (Å²) in [5.41, 5.74) is 1.84. The Morgan fingerprint density at radius 1 is 1.00 bits per heavy atom. The molecule has 0 atom stereocenters. The van der Waals surface area contributed by atoms with Crippen LogP contribution in [0.1, 0.15) is 22.3 Å². The molecule has 0 radical (unpaired) electrons. The van der Waals surface area contributed by atoms with Gasteiger partial charge in [0.1, 0.15) is 0 Å². The van der Waals surface area contributed by atoms with E-state index in [9.17, 15) is 9.59 Å². The highest BCUT2D eigenvalue weighted by Gasteiger charge is 2.06. The summed E-state index contributed by atoms with van der Waals surface area (Å²) in [5, 5.41) is 11.7. The van der Waals surface area contributed by atoms with Crippen molar-refractivity contribution in [2.75, 3.05) is 5.32 Å². The van der Waals surface area contributed by atoms with Crippen molar-refractivity contribution in [1.29, 1.82) is 0 Å². The van der Waals surface area contributed by atoms with Crippen LogP contribution in [0.2, 0.25) is 0 Å². The molecule has 2 rings (SSSR count). The Hall–Kier alpha value is -2.62. The molecule has 0 saturated carbocycles. The van der Waals surface area contributed by atoms with E-state index in [1.54, 1.807) is 12.1 Å². The normalized spacial score (nSPS) is 10.0. The van der Waals surface area contributed by atoms with Crippen LogP contribution in [-0.4, -0.2) is 17.0 Å². The summed E-state index contributed by atoms with van der Waals surface area (Å²) in [6, 6.07) is 15.9. The number of hydrogen-bond acceptors (Lipinski definition) is 2. The van der Waals surface area contributed by atoms with Gasteiger partial charge in [0.15, 0.2) is 0 Å². The summed E-state index contributed by atoms with van der Waals surface area (Å²) < 4.78 is 0. The molecule has 20 heavy (non-hydrogen) atoms. The lowest BCUT2D eigenvalue weighted by Gasteiger charge is -2.05. The lowest BCUT2D eigenvalue weighted by atomic mass is 10.1. The van der Waals surface area contributed by atoms with Gasteiger partial charge < -0.3 is 10.4 Å². The van der Waals surface area contributed by atoms with E-state index in [2.05, 4.69) is 5.32 Å². The fraction of sp³-hybridized carbons (Fsp3) is 0.125. The van der Waals surface area contributed by atoms with Gasteiger partial charge in [-0.25, -0.2) is 4.79 Å². The van der Waals surface area contributed by atoms with E-state index >= 15 is 0 Å². The summed E-state index contributed by atoms with van der Waals surface area (Å²) in [7, 11) is 0. The number of hydrogen-bond donors (Lipinski definition) is 2. The van der Waals surface area contributed by atoms with E-state index in [1.807, 2.05) is 36.4 Å². The number of nitrogens with one attached hydrogen (secondary N) is 1. The van der Waals surface area contributed by atoms with Gasteiger partial charge in [-0.1, -0.05) is 30.3 Å². The Balaban J connectivity index is 1.90. The third kappa shape index (κ3) is 3.95. The first-order valence-electron chi connectivity index (χ1n) is 6.32. The minimum absolute atomic E-state index is 0.0862. The summed E-state index contributed by atoms with van der Waals surface area (Å²) in [6.07, 6.45) is 0.831. The van der Waals surface area contributed by atoms with Gasteiger partial charge >= 0.3 is 5.97 Å². The van der Waals surface area contributed by atoms with Crippen molar-refractivity contribution in [3.8, 4) is 0 Å². The van der Waals surface area contributed by atoms with E-state index in [0.717, 1.165) is 11.3 Å². The standard InChI is InChI=1S/C16H15NO3/c18-15(17-14-7-2-1-3-8-14)10-9-12-5-4-6-13(11-12)16(19)20/h1-8,11H,9-10H2,(H,17,18)(H,19,20). The number of para-hydroxylation sites is 1.